The minimum absolute atomic E-state index is 0.0330. The Morgan fingerprint density at radius 1 is 1.19 bits per heavy atom. The fourth-order valence-electron chi connectivity index (χ4n) is 1.60. The third kappa shape index (κ3) is 1.42. The van der Waals surface area contributed by atoms with Crippen molar-refractivity contribution in [3.05, 3.63) is 29.3 Å². The molecular formula is C10H9NO4S. The second kappa shape index (κ2) is 3.41. The van der Waals surface area contributed by atoms with Crippen LogP contribution < -0.4 is 5.32 Å². The summed E-state index contributed by atoms with van der Waals surface area (Å²) in [6.07, 6.45) is 0. The monoisotopic (exact) mass is 239 g/mol. The molecule has 2 amide bonds. The van der Waals surface area contributed by atoms with Crippen LogP contribution in [0.2, 0.25) is 0 Å². The average molecular weight is 239 g/mol. The average Bonchev–Trinajstić information content (AvgIpc) is 2.55. The van der Waals surface area contributed by atoms with Crippen LogP contribution in [0.25, 0.3) is 0 Å². The van der Waals surface area contributed by atoms with E-state index in [0.717, 1.165) is 0 Å². The molecule has 0 aliphatic carbocycles. The van der Waals surface area contributed by atoms with E-state index in [9.17, 15) is 18.0 Å². The molecule has 0 radical (unpaired) electrons. The van der Waals surface area contributed by atoms with Gasteiger partial charge in [0.1, 0.15) is 0 Å². The summed E-state index contributed by atoms with van der Waals surface area (Å²) in [5, 5.41) is 2.08. The maximum atomic E-state index is 11.7. The Morgan fingerprint density at radius 3 is 2.50 bits per heavy atom. The molecule has 0 bridgehead atoms. The lowest BCUT2D eigenvalue weighted by Crippen LogP contribution is -2.20. The third-order valence-electron chi connectivity index (χ3n) is 2.44. The highest BCUT2D eigenvalue weighted by Crippen LogP contribution is 2.24. The molecule has 0 saturated heterocycles. The number of sulfone groups is 1. The van der Waals surface area contributed by atoms with Gasteiger partial charge in [-0.25, -0.2) is 8.42 Å². The van der Waals surface area contributed by atoms with E-state index in [1.54, 1.807) is 0 Å². The molecule has 5 nitrogen and oxygen atoms in total. The number of amides is 2. The largest absolute Gasteiger partial charge is 0.288 e. The van der Waals surface area contributed by atoms with Gasteiger partial charge in [-0.3, -0.25) is 14.9 Å². The highest BCUT2D eigenvalue weighted by atomic mass is 32.2. The number of imide groups is 1. The van der Waals surface area contributed by atoms with Crippen LogP contribution in [0.3, 0.4) is 0 Å². The Hall–Kier alpha value is -1.69. The number of carbonyl (C=O) groups is 2. The molecule has 0 saturated carbocycles. The second-order valence-corrected chi connectivity index (χ2v) is 5.61. The minimum atomic E-state index is -3.49. The summed E-state index contributed by atoms with van der Waals surface area (Å²) in [4.78, 5) is 22.7. The molecule has 1 heterocycles. The third-order valence-corrected chi connectivity index (χ3v) is 4.21. The highest BCUT2D eigenvalue weighted by Gasteiger charge is 2.32. The molecule has 1 aliphatic heterocycles. The summed E-state index contributed by atoms with van der Waals surface area (Å²) in [5.41, 5.74) is 0.0916. The normalized spacial score (nSPS) is 14.8. The summed E-state index contributed by atoms with van der Waals surface area (Å²) in [6, 6.07) is 4.24. The van der Waals surface area contributed by atoms with Crippen LogP contribution in [0.1, 0.15) is 27.6 Å². The van der Waals surface area contributed by atoms with Crippen molar-refractivity contribution in [1.82, 2.24) is 5.32 Å². The van der Waals surface area contributed by atoms with Crippen LogP contribution in [0, 0.1) is 0 Å². The van der Waals surface area contributed by atoms with Gasteiger partial charge < -0.3 is 0 Å². The summed E-state index contributed by atoms with van der Waals surface area (Å²) < 4.78 is 23.4. The van der Waals surface area contributed by atoms with Gasteiger partial charge in [0.25, 0.3) is 11.8 Å². The molecule has 2 rings (SSSR count). The maximum absolute atomic E-state index is 11.7. The first-order chi connectivity index (χ1) is 7.47. The van der Waals surface area contributed by atoms with Gasteiger partial charge in [0.2, 0.25) is 0 Å². The van der Waals surface area contributed by atoms with Crippen LogP contribution in [-0.4, -0.2) is 26.0 Å². The number of hydrogen-bond acceptors (Lipinski definition) is 4. The Labute approximate surface area is 92.4 Å². The van der Waals surface area contributed by atoms with E-state index < -0.39 is 21.7 Å². The number of rotatable bonds is 2. The molecule has 1 N–H and O–H groups in total. The Morgan fingerprint density at radius 2 is 1.88 bits per heavy atom. The van der Waals surface area contributed by atoms with Crippen molar-refractivity contribution in [2.75, 3.05) is 5.75 Å². The molecule has 1 aromatic carbocycles. The van der Waals surface area contributed by atoms with Crippen LogP contribution in [-0.2, 0) is 9.84 Å². The first-order valence-corrected chi connectivity index (χ1v) is 6.34. The summed E-state index contributed by atoms with van der Waals surface area (Å²) in [6.45, 7) is 1.49. The fourth-order valence-corrected chi connectivity index (χ4v) is 2.71. The second-order valence-electron chi connectivity index (χ2n) is 3.37. The lowest BCUT2D eigenvalue weighted by molar-refractivity contribution is 0.0878. The molecular weight excluding hydrogens is 230 g/mol. The Bertz CT molecular complexity index is 589. The van der Waals surface area contributed by atoms with Gasteiger partial charge >= 0.3 is 0 Å². The number of hydrogen-bond donors (Lipinski definition) is 1. The molecule has 0 spiro atoms. The van der Waals surface area contributed by atoms with Gasteiger partial charge in [-0.05, 0) is 12.1 Å². The van der Waals surface area contributed by atoms with Crippen molar-refractivity contribution in [1.29, 1.82) is 0 Å². The van der Waals surface area contributed by atoms with E-state index in [4.69, 9.17) is 0 Å². The molecule has 16 heavy (non-hydrogen) atoms. The van der Waals surface area contributed by atoms with E-state index in [2.05, 4.69) is 5.32 Å². The fraction of sp³-hybridized carbons (Fsp3) is 0.200. The topological polar surface area (TPSA) is 80.3 Å². The van der Waals surface area contributed by atoms with Crippen LogP contribution >= 0.6 is 0 Å². The van der Waals surface area contributed by atoms with Gasteiger partial charge in [-0.1, -0.05) is 13.0 Å². The van der Waals surface area contributed by atoms with Gasteiger partial charge in [-0.15, -0.1) is 0 Å². The maximum Gasteiger partial charge on any atom is 0.260 e. The summed E-state index contributed by atoms with van der Waals surface area (Å²) in [7, 11) is -3.49. The van der Waals surface area contributed by atoms with E-state index in [1.165, 1.54) is 25.1 Å². The zero-order valence-electron chi connectivity index (χ0n) is 8.48. The number of carbonyl (C=O) groups excluding carboxylic acids is 2. The van der Waals surface area contributed by atoms with Crippen molar-refractivity contribution in [3.63, 3.8) is 0 Å². The van der Waals surface area contributed by atoms with E-state index >= 15 is 0 Å². The van der Waals surface area contributed by atoms with Crippen molar-refractivity contribution in [3.8, 4) is 0 Å². The predicted octanol–water partition coefficient (Wildman–Crippen LogP) is 0.364. The Kier molecular flexibility index (Phi) is 2.31. The molecule has 0 atom stereocenters. The number of benzene rings is 1. The highest BCUT2D eigenvalue weighted by molar-refractivity contribution is 7.91. The van der Waals surface area contributed by atoms with Crippen LogP contribution in [0.15, 0.2) is 23.1 Å². The molecule has 0 unspecified atom stereocenters. The zero-order chi connectivity index (χ0) is 11.9. The smallest absolute Gasteiger partial charge is 0.260 e. The lowest BCUT2D eigenvalue weighted by Gasteiger charge is -2.04. The van der Waals surface area contributed by atoms with Crippen molar-refractivity contribution in [2.24, 2.45) is 0 Å². The van der Waals surface area contributed by atoms with E-state index in [0.29, 0.717) is 0 Å². The molecule has 84 valence electrons. The molecule has 1 aromatic rings. The Balaban J connectivity index is 2.77. The first-order valence-electron chi connectivity index (χ1n) is 4.69. The van der Waals surface area contributed by atoms with Gasteiger partial charge in [0, 0.05) is 0 Å². The SMILES string of the molecule is CCS(=O)(=O)c1cccc2c1C(=O)NC2=O. The van der Waals surface area contributed by atoms with E-state index in [-0.39, 0.29) is 21.8 Å². The molecule has 0 aromatic heterocycles. The summed E-state index contributed by atoms with van der Waals surface area (Å²) >= 11 is 0. The van der Waals surface area contributed by atoms with Crippen molar-refractivity contribution < 1.29 is 18.0 Å². The number of nitrogens with one attached hydrogen (secondary N) is 1. The first kappa shape index (κ1) is 10.8. The molecule has 0 fully saturated rings. The van der Waals surface area contributed by atoms with Crippen LogP contribution in [0.4, 0.5) is 0 Å². The van der Waals surface area contributed by atoms with Gasteiger partial charge in [0.05, 0.1) is 21.8 Å². The lowest BCUT2D eigenvalue weighted by atomic mass is 10.1. The van der Waals surface area contributed by atoms with E-state index in [1.807, 2.05) is 0 Å². The number of fused-ring (bicyclic) bond motifs is 1. The van der Waals surface area contributed by atoms with Crippen molar-refractivity contribution in [2.45, 2.75) is 11.8 Å². The minimum Gasteiger partial charge on any atom is -0.288 e. The summed E-state index contributed by atoms with van der Waals surface area (Å²) in [5.74, 6) is -1.30. The standard InChI is InChI=1S/C10H9NO4S/c1-2-16(14,15)7-5-3-4-6-8(7)10(13)11-9(6)12/h3-5H,2H2,1H3,(H,11,12,13). The molecule has 6 heteroatoms. The predicted molar refractivity (Wildman–Crippen MR) is 56.0 cm³/mol. The van der Waals surface area contributed by atoms with Gasteiger partial charge in [-0.2, -0.15) is 0 Å². The van der Waals surface area contributed by atoms with Crippen LogP contribution in [0.5, 0.6) is 0 Å². The zero-order valence-corrected chi connectivity index (χ0v) is 9.30. The molecule has 1 aliphatic rings. The quantitative estimate of drug-likeness (QED) is 0.756. The van der Waals surface area contributed by atoms with Gasteiger partial charge in [0.15, 0.2) is 9.84 Å². The van der Waals surface area contributed by atoms with Crippen molar-refractivity contribution >= 4 is 21.7 Å².